The molecular formula is C22H29ClN2O2. The number of benzene rings is 2. The third-order valence-corrected chi connectivity index (χ3v) is 5.19. The molecule has 5 heteroatoms. The summed E-state index contributed by atoms with van der Waals surface area (Å²) >= 11 is 0. The molecule has 0 aliphatic carbocycles. The Morgan fingerprint density at radius 1 is 1.15 bits per heavy atom. The molecule has 4 nitrogen and oxygen atoms in total. The number of nitrogens with one attached hydrogen (secondary N) is 1. The van der Waals surface area contributed by atoms with E-state index in [4.69, 9.17) is 10.5 Å². The molecule has 1 aliphatic rings. The van der Waals surface area contributed by atoms with Gasteiger partial charge in [0.05, 0.1) is 12.0 Å². The van der Waals surface area contributed by atoms with Gasteiger partial charge in [-0.15, -0.1) is 12.4 Å². The van der Waals surface area contributed by atoms with Crippen LogP contribution in [-0.2, 0) is 9.53 Å². The zero-order chi connectivity index (χ0) is 18.5. The van der Waals surface area contributed by atoms with E-state index in [9.17, 15) is 4.79 Å². The largest absolute Gasteiger partial charge is 0.371 e. The van der Waals surface area contributed by atoms with Gasteiger partial charge in [-0.1, -0.05) is 67.1 Å². The van der Waals surface area contributed by atoms with Crippen LogP contribution in [0.25, 0.3) is 0 Å². The molecule has 1 fully saturated rings. The summed E-state index contributed by atoms with van der Waals surface area (Å²) in [6, 6.07) is 17.8. The number of rotatable bonds is 5. The third-order valence-electron chi connectivity index (χ3n) is 5.19. The van der Waals surface area contributed by atoms with E-state index in [1.165, 1.54) is 5.56 Å². The van der Waals surface area contributed by atoms with Gasteiger partial charge in [0.2, 0.25) is 5.91 Å². The van der Waals surface area contributed by atoms with Gasteiger partial charge >= 0.3 is 0 Å². The molecule has 3 N–H and O–H groups in total. The molecule has 0 bridgehead atoms. The van der Waals surface area contributed by atoms with Crippen molar-refractivity contribution in [2.75, 3.05) is 6.61 Å². The summed E-state index contributed by atoms with van der Waals surface area (Å²) < 4.78 is 6.00. The fraction of sp³-hybridized carbons (Fsp3) is 0.409. The maximum absolute atomic E-state index is 12.8. The van der Waals surface area contributed by atoms with E-state index in [1.807, 2.05) is 37.3 Å². The molecule has 4 unspecified atom stereocenters. The van der Waals surface area contributed by atoms with Crippen LogP contribution in [0.1, 0.15) is 48.6 Å². The Morgan fingerprint density at radius 2 is 1.81 bits per heavy atom. The second-order valence-corrected chi connectivity index (χ2v) is 7.18. The van der Waals surface area contributed by atoms with E-state index in [1.54, 1.807) is 0 Å². The monoisotopic (exact) mass is 388 g/mol. The van der Waals surface area contributed by atoms with Crippen LogP contribution >= 0.6 is 12.4 Å². The Bertz CT molecular complexity index is 721. The third kappa shape index (κ3) is 5.32. The van der Waals surface area contributed by atoms with Crippen LogP contribution < -0.4 is 11.1 Å². The molecule has 1 aliphatic heterocycles. The Hall–Kier alpha value is -1.88. The van der Waals surface area contributed by atoms with Gasteiger partial charge in [0.1, 0.15) is 6.10 Å². The number of hydrogen-bond donors (Lipinski definition) is 2. The van der Waals surface area contributed by atoms with Crippen LogP contribution in [0.3, 0.4) is 0 Å². The summed E-state index contributed by atoms with van der Waals surface area (Å²) in [5.74, 6) is -0.327. The van der Waals surface area contributed by atoms with Crippen molar-refractivity contribution in [3.8, 4) is 0 Å². The van der Waals surface area contributed by atoms with Crippen LogP contribution in [0.15, 0.2) is 54.6 Å². The summed E-state index contributed by atoms with van der Waals surface area (Å²) in [7, 11) is 0. The number of aryl methyl sites for hydroxylation is 1. The van der Waals surface area contributed by atoms with Gasteiger partial charge in [-0.25, -0.2) is 0 Å². The summed E-state index contributed by atoms with van der Waals surface area (Å²) in [5.41, 5.74) is 9.62. The highest BCUT2D eigenvalue weighted by Crippen LogP contribution is 2.29. The van der Waals surface area contributed by atoms with Crippen LogP contribution in [0, 0.1) is 12.8 Å². The molecular weight excluding hydrogens is 360 g/mol. The number of halogens is 1. The fourth-order valence-electron chi connectivity index (χ4n) is 3.45. The lowest BCUT2D eigenvalue weighted by molar-refractivity contribution is -0.128. The van der Waals surface area contributed by atoms with Gasteiger partial charge in [0.25, 0.3) is 0 Å². The van der Waals surface area contributed by atoms with Crippen LogP contribution in [0.4, 0.5) is 0 Å². The predicted octanol–water partition coefficient (Wildman–Crippen LogP) is 4.09. The van der Waals surface area contributed by atoms with E-state index in [-0.39, 0.29) is 42.4 Å². The van der Waals surface area contributed by atoms with Gasteiger partial charge in [-0.2, -0.15) is 0 Å². The second kappa shape index (κ2) is 9.88. The summed E-state index contributed by atoms with van der Waals surface area (Å²) in [6.45, 7) is 4.68. The molecule has 0 aromatic heterocycles. The van der Waals surface area contributed by atoms with Crippen LogP contribution in [0.2, 0.25) is 0 Å². The first-order valence-electron chi connectivity index (χ1n) is 9.35. The lowest BCUT2D eigenvalue weighted by atomic mass is 9.92. The fourth-order valence-corrected chi connectivity index (χ4v) is 3.45. The molecule has 2 aromatic rings. The highest BCUT2D eigenvalue weighted by atomic mass is 35.5. The first-order chi connectivity index (χ1) is 12.6. The zero-order valence-electron chi connectivity index (χ0n) is 15.9. The molecule has 1 amide bonds. The molecule has 27 heavy (non-hydrogen) atoms. The highest BCUT2D eigenvalue weighted by Gasteiger charge is 2.31. The molecule has 146 valence electrons. The van der Waals surface area contributed by atoms with Crippen LogP contribution in [0.5, 0.6) is 0 Å². The lowest BCUT2D eigenvalue weighted by Crippen LogP contribution is -2.46. The predicted molar refractivity (Wildman–Crippen MR) is 111 cm³/mol. The minimum absolute atomic E-state index is 0. The zero-order valence-corrected chi connectivity index (χ0v) is 16.7. The first kappa shape index (κ1) is 21.4. The van der Waals surface area contributed by atoms with Crippen molar-refractivity contribution in [3.63, 3.8) is 0 Å². The van der Waals surface area contributed by atoms with E-state index >= 15 is 0 Å². The van der Waals surface area contributed by atoms with E-state index < -0.39 is 0 Å². The van der Waals surface area contributed by atoms with Crippen molar-refractivity contribution in [3.05, 3.63) is 71.3 Å². The van der Waals surface area contributed by atoms with Crippen molar-refractivity contribution in [1.82, 2.24) is 5.32 Å². The smallest absolute Gasteiger partial charge is 0.225 e. The average molecular weight is 389 g/mol. The second-order valence-electron chi connectivity index (χ2n) is 7.18. The molecule has 0 radical (unpaired) electrons. The molecule has 0 spiro atoms. The van der Waals surface area contributed by atoms with Gasteiger partial charge in [-0.05, 0) is 30.9 Å². The van der Waals surface area contributed by atoms with Gasteiger partial charge in [-0.3, -0.25) is 4.79 Å². The Morgan fingerprint density at radius 3 is 2.48 bits per heavy atom. The van der Waals surface area contributed by atoms with Crippen molar-refractivity contribution in [2.24, 2.45) is 11.7 Å². The van der Waals surface area contributed by atoms with Crippen LogP contribution in [-0.4, -0.2) is 18.6 Å². The van der Waals surface area contributed by atoms with Crippen molar-refractivity contribution < 1.29 is 9.53 Å². The Kier molecular flexibility index (Phi) is 7.84. The Balaban J connectivity index is 0.00000261. The number of nitrogens with two attached hydrogens (primary N) is 1. The van der Waals surface area contributed by atoms with Crippen molar-refractivity contribution in [1.29, 1.82) is 0 Å². The minimum Gasteiger partial charge on any atom is -0.371 e. The normalized spacial score (nSPS) is 21.6. The van der Waals surface area contributed by atoms with E-state index in [2.05, 4.69) is 36.5 Å². The standard InChI is InChI=1S/C22H28N2O2.ClH/c1-15-10-12-18(13-11-15)21-19(9-6-14-26-21)24-22(25)16(2)20(23)17-7-4-3-5-8-17;/h3-5,7-8,10-13,16,19-21H,6,9,14,23H2,1-2H3,(H,24,25);1H. The number of hydrogen-bond acceptors (Lipinski definition) is 3. The van der Waals surface area contributed by atoms with Gasteiger partial charge in [0.15, 0.2) is 0 Å². The molecule has 0 saturated carbocycles. The highest BCUT2D eigenvalue weighted by molar-refractivity contribution is 5.85. The summed E-state index contributed by atoms with van der Waals surface area (Å²) in [6.07, 6.45) is 1.76. The SMILES string of the molecule is Cc1ccc(C2OCCCC2NC(=O)C(C)C(N)c2ccccc2)cc1.Cl. The van der Waals surface area contributed by atoms with Crippen molar-refractivity contribution in [2.45, 2.75) is 44.9 Å². The quantitative estimate of drug-likeness (QED) is 0.810. The lowest BCUT2D eigenvalue weighted by Gasteiger charge is -2.34. The first-order valence-corrected chi connectivity index (χ1v) is 9.35. The van der Waals surface area contributed by atoms with E-state index in [0.717, 1.165) is 30.6 Å². The molecule has 3 rings (SSSR count). The summed E-state index contributed by atoms with van der Waals surface area (Å²) in [5, 5.41) is 3.19. The topological polar surface area (TPSA) is 64.3 Å². The Labute approximate surface area is 167 Å². The molecule has 2 aromatic carbocycles. The summed E-state index contributed by atoms with van der Waals surface area (Å²) in [4.78, 5) is 12.8. The molecule has 1 heterocycles. The molecule has 4 atom stereocenters. The minimum atomic E-state index is -0.321. The molecule has 1 saturated heterocycles. The van der Waals surface area contributed by atoms with Crippen molar-refractivity contribution >= 4 is 18.3 Å². The number of amides is 1. The number of carbonyl (C=O) groups excluding carboxylic acids is 1. The van der Waals surface area contributed by atoms with Gasteiger partial charge < -0.3 is 15.8 Å². The maximum atomic E-state index is 12.8. The number of ether oxygens (including phenoxy) is 1. The van der Waals surface area contributed by atoms with E-state index in [0.29, 0.717) is 0 Å². The average Bonchev–Trinajstić information content (AvgIpc) is 2.68. The van der Waals surface area contributed by atoms with Gasteiger partial charge in [0, 0.05) is 12.6 Å². The maximum Gasteiger partial charge on any atom is 0.225 e. The number of carbonyl (C=O) groups is 1.